The van der Waals surface area contributed by atoms with Crippen molar-refractivity contribution in [1.29, 1.82) is 5.26 Å². The van der Waals surface area contributed by atoms with Crippen LogP contribution in [0.5, 0.6) is 5.75 Å². The van der Waals surface area contributed by atoms with Crippen LogP contribution in [0, 0.1) is 17.2 Å². The molecule has 0 saturated heterocycles. The summed E-state index contributed by atoms with van der Waals surface area (Å²) in [7, 11) is 0. The highest BCUT2D eigenvalue weighted by atomic mass is 79.9. The number of amides is 1. The van der Waals surface area contributed by atoms with Gasteiger partial charge in [0.2, 0.25) is 0 Å². The summed E-state index contributed by atoms with van der Waals surface area (Å²) in [5, 5.41) is 24.0. The Balaban J connectivity index is 1.79. The summed E-state index contributed by atoms with van der Waals surface area (Å²) in [5.74, 6) is -0.544. The summed E-state index contributed by atoms with van der Waals surface area (Å²) in [5.41, 5.74) is 2.17. The van der Waals surface area contributed by atoms with Gasteiger partial charge in [-0.3, -0.25) is 10.1 Å². The molecule has 0 bridgehead atoms. The zero-order valence-corrected chi connectivity index (χ0v) is 19.0. The number of benzene rings is 1. The number of carbonyl (C=O) groups excluding carboxylic acids is 1. The fourth-order valence-corrected chi connectivity index (χ4v) is 4.60. The molecule has 148 valence electrons. The van der Waals surface area contributed by atoms with E-state index in [0.29, 0.717) is 16.6 Å². The Morgan fingerprint density at radius 1 is 1.41 bits per heavy atom. The number of hydrogen-bond acceptors (Lipinski definition) is 5. The number of nitrogens with one attached hydrogen (secondary N) is 1. The number of rotatable bonds is 4. The fourth-order valence-electron chi connectivity index (χ4n) is 2.76. The van der Waals surface area contributed by atoms with Crippen molar-refractivity contribution < 1.29 is 9.90 Å². The quantitative estimate of drug-likeness (QED) is 0.368. The summed E-state index contributed by atoms with van der Waals surface area (Å²) >= 11 is 16.6. The molecule has 0 spiro atoms. The largest absolute Gasteiger partial charge is 0.505 e. The predicted molar refractivity (Wildman–Crippen MR) is 121 cm³/mol. The molecule has 1 amide bonds. The van der Waals surface area contributed by atoms with E-state index in [-0.39, 0.29) is 21.4 Å². The highest BCUT2D eigenvalue weighted by molar-refractivity contribution is 9.11. The molecule has 0 saturated carbocycles. The maximum Gasteiger partial charge on any atom is 0.268 e. The molecule has 1 aromatic carbocycles. The maximum atomic E-state index is 12.5. The minimum Gasteiger partial charge on any atom is -0.505 e. The van der Waals surface area contributed by atoms with Crippen LogP contribution >= 0.6 is 50.5 Å². The number of carbonyl (C=O) groups is 1. The van der Waals surface area contributed by atoms with E-state index < -0.39 is 5.91 Å². The smallest absolute Gasteiger partial charge is 0.268 e. The Kier molecular flexibility index (Phi) is 6.81. The van der Waals surface area contributed by atoms with E-state index in [4.69, 9.17) is 23.2 Å². The standard InChI is InChI=1S/C20H14BrCl2N3O2S/c1-10-4-13(21)2-3-14(10)17-9-29-20(25-17)26-19(28)12(8-24)5-11-6-15(22)18(27)16(23)7-11/h2-3,5-7,9-10,27H,4H2,1H3,(H,25,26,28)/b12-5+. The van der Waals surface area contributed by atoms with Crippen molar-refractivity contribution in [2.75, 3.05) is 5.32 Å². The molecule has 0 fully saturated rings. The van der Waals surface area contributed by atoms with E-state index in [1.807, 2.05) is 23.6 Å². The van der Waals surface area contributed by atoms with Gasteiger partial charge >= 0.3 is 0 Å². The van der Waals surface area contributed by atoms with Gasteiger partial charge in [-0.05, 0) is 46.2 Å². The molecule has 0 radical (unpaired) electrons. The molecule has 1 aliphatic rings. The normalized spacial score (nSPS) is 16.7. The van der Waals surface area contributed by atoms with Crippen LogP contribution in [-0.2, 0) is 4.79 Å². The molecule has 5 nitrogen and oxygen atoms in total. The molecule has 1 heterocycles. The first kappa shape index (κ1) is 21.6. The van der Waals surface area contributed by atoms with Crippen LogP contribution < -0.4 is 5.32 Å². The van der Waals surface area contributed by atoms with Crippen molar-refractivity contribution in [2.45, 2.75) is 13.3 Å². The Labute approximate surface area is 190 Å². The number of aromatic nitrogens is 1. The summed E-state index contributed by atoms with van der Waals surface area (Å²) < 4.78 is 1.13. The van der Waals surface area contributed by atoms with Gasteiger partial charge in [-0.15, -0.1) is 11.3 Å². The maximum absolute atomic E-state index is 12.5. The van der Waals surface area contributed by atoms with E-state index in [9.17, 15) is 15.2 Å². The van der Waals surface area contributed by atoms with Crippen LogP contribution in [0.3, 0.4) is 0 Å². The second-order valence-corrected chi connectivity index (χ2v) is 9.03. The lowest BCUT2D eigenvalue weighted by molar-refractivity contribution is -0.112. The van der Waals surface area contributed by atoms with Crippen molar-refractivity contribution in [3.8, 4) is 11.8 Å². The van der Waals surface area contributed by atoms with Gasteiger partial charge in [0.15, 0.2) is 10.9 Å². The van der Waals surface area contributed by atoms with E-state index in [2.05, 4.69) is 33.2 Å². The average molecular weight is 511 g/mol. The number of phenolic OH excluding ortho intramolecular Hbond substituents is 1. The fraction of sp³-hybridized carbons (Fsp3) is 0.150. The van der Waals surface area contributed by atoms with Gasteiger partial charge in [-0.25, -0.2) is 4.98 Å². The number of aromatic hydroxyl groups is 1. The summed E-state index contributed by atoms with van der Waals surface area (Å²) in [6.45, 7) is 2.11. The second-order valence-electron chi connectivity index (χ2n) is 6.34. The molecule has 29 heavy (non-hydrogen) atoms. The lowest BCUT2D eigenvalue weighted by Crippen LogP contribution is -2.13. The van der Waals surface area contributed by atoms with Crippen molar-refractivity contribution in [1.82, 2.24) is 4.98 Å². The van der Waals surface area contributed by atoms with E-state index in [1.165, 1.54) is 29.5 Å². The highest BCUT2D eigenvalue weighted by Gasteiger charge is 2.19. The number of thiazole rings is 1. The number of nitriles is 1. The SMILES string of the molecule is CC1CC(Br)=CC=C1c1csc(NC(=O)/C(C#N)=C/c2cc(Cl)c(O)c(Cl)c2)n1. The zero-order chi connectivity index (χ0) is 21.1. The average Bonchev–Trinajstić information content (AvgIpc) is 3.12. The molecule has 1 atom stereocenters. The zero-order valence-electron chi connectivity index (χ0n) is 15.0. The monoisotopic (exact) mass is 509 g/mol. The van der Waals surface area contributed by atoms with Gasteiger partial charge in [-0.1, -0.05) is 58.2 Å². The van der Waals surface area contributed by atoms with Crippen molar-refractivity contribution >= 4 is 73.2 Å². The van der Waals surface area contributed by atoms with Crippen molar-refractivity contribution in [3.05, 3.63) is 61.0 Å². The molecule has 0 aliphatic heterocycles. The van der Waals surface area contributed by atoms with Gasteiger partial charge in [0.25, 0.3) is 5.91 Å². The first-order valence-electron chi connectivity index (χ1n) is 8.41. The Hall–Kier alpha value is -2.11. The van der Waals surface area contributed by atoms with E-state index in [0.717, 1.165) is 22.2 Å². The van der Waals surface area contributed by atoms with Gasteiger partial charge < -0.3 is 5.11 Å². The van der Waals surface area contributed by atoms with Gasteiger partial charge in [0.05, 0.1) is 15.7 Å². The third-order valence-corrected chi connectivity index (χ3v) is 6.13. The third kappa shape index (κ3) is 5.09. The highest BCUT2D eigenvalue weighted by Crippen LogP contribution is 2.36. The molecule has 1 aromatic heterocycles. The molecule has 1 unspecified atom stereocenters. The van der Waals surface area contributed by atoms with Gasteiger partial charge in [0.1, 0.15) is 11.6 Å². The van der Waals surface area contributed by atoms with Crippen LogP contribution in [0.2, 0.25) is 10.0 Å². The first-order valence-corrected chi connectivity index (χ1v) is 10.8. The molecule has 2 N–H and O–H groups in total. The Morgan fingerprint density at radius 3 is 2.72 bits per heavy atom. The molecule has 3 rings (SSSR count). The number of hydrogen-bond donors (Lipinski definition) is 2. The minimum atomic E-state index is -0.595. The summed E-state index contributed by atoms with van der Waals surface area (Å²) in [4.78, 5) is 17.0. The Bertz CT molecular complexity index is 1090. The van der Waals surface area contributed by atoms with E-state index >= 15 is 0 Å². The number of phenols is 1. The third-order valence-electron chi connectivity index (χ3n) is 4.21. The number of halogens is 3. The number of nitrogens with zero attached hydrogens (tertiary/aromatic N) is 2. The molecule has 2 aromatic rings. The molecular formula is C20H14BrCl2N3O2S. The van der Waals surface area contributed by atoms with Crippen LogP contribution in [-0.4, -0.2) is 16.0 Å². The predicted octanol–water partition coefficient (Wildman–Crippen LogP) is 6.40. The van der Waals surface area contributed by atoms with Gasteiger partial charge in [-0.2, -0.15) is 5.26 Å². The van der Waals surface area contributed by atoms with Crippen molar-refractivity contribution in [3.63, 3.8) is 0 Å². The van der Waals surface area contributed by atoms with Crippen LogP contribution in [0.25, 0.3) is 11.6 Å². The molecule has 1 aliphatic carbocycles. The lowest BCUT2D eigenvalue weighted by Gasteiger charge is -2.17. The number of anilines is 1. The minimum absolute atomic E-state index is 0.0292. The van der Waals surface area contributed by atoms with Crippen LogP contribution in [0.15, 0.2) is 39.7 Å². The van der Waals surface area contributed by atoms with Crippen LogP contribution in [0.4, 0.5) is 5.13 Å². The molecular weight excluding hydrogens is 497 g/mol. The van der Waals surface area contributed by atoms with Crippen LogP contribution in [0.1, 0.15) is 24.6 Å². The second kappa shape index (κ2) is 9.14. The molecule has 9 heteroatoms. The lowest BCUT2D eigenvalue weighted by atomic mass is 9.91. The number of allylic oxidation sites excluding steroid dienone is 4. The summed E-state index contributed by atoms with van der Waals surface area (Å²) in [6, 6.07) is 4.69. The first-order chi connectivity index (χ1) is 13.8. The Morgan fingerprint density at radius 2 is 2.10 bits per heavy atom. The topological polar surface area (TPSA) is 86.0 Å². The van der Waals surface area contributed by atoms with Gasteiger partial charge in [0, 0.05) is 5.38 Å². The summed E-state index contributed by atoms with van der Waals surface area (Å²) in [6.07, 6.45) is 6.24. The van der Waals surface area contributed by atoms with E-state index in [1.54, 1.807) is 0 Å². The van der Waals surface area contributed by atoms with Crippen molar-refractivity contribution in [2.24, 2.45) is 5.92 Å².